The Hall–Kier alpha value is -2.08. The molecule has 1 aliphatic heterocycles. The van der Waals surface area contributed by atoms with Gasteiger partial charge < -0.3 is 20.3 Å². The van der Waals surface area contributed by atoms with Crippen LogP contribution in [0.4, 0.5) is 4.79 Å². The lowest BCUT2D eigenvalue weighted by Gasteiger charge is -2.35. The minimum absolute atomic E-state index is 0.0215. The van der Waals surface area contributed by atoms with Gasteiger partial charge in [-0.2, -0.15) is 0 Å². The monoisotopic (exact) mass is 291 g/mol. The zero-order valence-electron chi connectivity index (χ0n) is 12.2. The molecule has 1 aromatic carbocycles. The highest BCUT2D eigenvalue weighted by molar-refractivity contribution is 5.84. The van der Waals surface area contributed by atoms with Gasteiger partial charge in [-0.15, -0.1) is 0 Å². The molecule has 2 amide bonds. The van der Waals surface area contributed by atoms with Crippen molar-refractivity contribution in [3.63, 3.8) is 0 Å². The normalized spacial score (nSPS) is 16.5. The molecule has 21 heavy (non-hydrogen) atoms. The van der Waals surface area contributed by atoms with Crippen molar-refractivity contribution in [3.8, 4) is 0 Å². The Morgan fingerprint density at radius 3 is 2.24 bits per heavy atom. The zero-order chi connectivity index (χ0) is 15.2. The van der Waals surface area contributed by atoms with Gasteiger partial charge in [0.25, 0.3) is 0 Å². The van der Waals surface area contributed by atoms with Crippen LogP contribution in [0.2, 0.25) is 0 Å². The maximum atomic E-state index is 12.6. The number of amides is 2. The third kappa shape index (κ3) is 3.52. The molecule has 1 unspecified atom stereocenters. The molecule has 0 radical (unpaired) electrons. The first-order valence-corrected chi connectivity index (χ1v) is 7.04. The van der Waals surface area contributed by atoms with Gasteiger partial charge in [0.05, 0.1) is 13.0 Å². The molecule has 1 heterocycles. The van der Waals surface area contributed by atoms with Gasteiger partial charge in [-0.1, -0.05) is 30.3 Å². The summed E-state index contributed by atoms with van der Waals surface area (Å²) in [6.07, 6.45) is -0.347. The quantitative estimate of drug-likeness (QED) is 0.886. The van der Waals surface area contributed by atoms with Crippen molar-refractivity contribution in [2.24, 2.45) is 5.73 Å². The molecule has 0 aromatic heterocycles. The van der Waals surface area contributed by atoms with Crippen molar-refractivity contribution in [1.82, 2.24) is 9.80 Å². The minimum atomic E-state index is -0.347. The molecule has 0 spiro atoms. The second-order valence-electron chi connectivity index (χ2n) is 4.98. The number of rotatable bonds is 3. The first-order chi connectivity index (χ1) is 10.2. The van der Waals surface area contributed by atoms with Crippen LogP contribution in [0.1, 0.15) is 11.5 Å². The molecule has 1 saturated heterocycles. The van der Waals surface area contributed by atoms with Crippen LogP contribution in [0.25, 0.3) is 0 Å². The van der Waals surface area contributed by atoms with Gasteiger partial charge in [0.2, 0.25) is 5.91 Å². The minimum Gasteiger partial charge on any atom is -0.453 e. The van der Waals surface area contributed by atoms with Crippen LogP contribution in [-0.2, 0) is 9.53 Å². The summed E-state index contributed by atoms with van der Waals surface area (Å²) in [5.74, 6) is -0.302. The van der Waals surface area contributed by atoms with Crippen LogP contribution in [0.15, 0.2) is 30.3 Å². The van der Waals surface area contributed by atoms with E-state index in [-0.39, 0.29) is 24.5 Å². The van der Waals surface area contributed by atoms with Crippen LogP contribution >= 0.6 is 0 Å². The number of hydrogen-bond donors (Lipinski definition) is 1. The van der Waals surface area contributed by atoms with Crippen molar-refractivity contribution in [2.45, 2.75) is 5.92 Å². The first kappa shape index (κ1) is 15.3. The van der Waals surface area contributed by atoms with Crippen molar-refractivity contribution in [3.05, 3.63) is 35.9 Å². The highest BCUT2D eigenvalue weighted by Gasteiger charge is 2.29. The largest absolute Gasteiger partial charge is 0.453 e. The molecular formula is C15H21N3O3. The van der Waals surface area contributed by atoms with Gasteiger partial charge in [-0.3, -0.25) is 4.79 Å². The number of carbonyl (C=O) groups is 2. The molecule has 2 rings (SSSR count). The van der Waals surface area contributed by atoms with Crippen LogP contribution in [0.5, 0.6) is 0 Å². The molecule has 1 atom stereocenters. The Labute approximate surface area is 124 Å². The average molecular weight is 291 g/mol. The summed E-state index contributed by atoms with van der Waals surface area (Å²) < 4.78 is 4.69. The summed E-state index contributed by atoms with van der Waals surface area (Å²) >= 11 is 0. The lowest BCUT2D eigenvalue weighted by atomic mass is 9.97. The van der Waals surface area contributed by atoms with Crippen LogP contribution in [0.3, 0.4) is 0 Å². The maximum absolute atomic E-state index is 12.6. The van der Waals surface area contributed by atoms with Crippen molar-refractivity contribution in [1.29, 1.82) is 0 Å². The number of benzene rings is 1. The number of methoxy groups -OCH3 is 1. The Balaban J connectivity index is 1.99. The van der Waals surface area contributed by atoms with Crippen molar-refractivity contribution in [2.75, 3.05) is 39.8 Å². The molecule has 114 valence electrons. The SMILES string of the molecule is COC(=O)N1CCN(C(=O)C(CN)c2ccccc2)CC1. The predicted octanol–water partition coefficient (Wildman–Crippen LogP) is 0.640. The Bertz CT molecular complexity index is 484. The second-order valence-corrected chi connectivity index (χ2v) is 4.98. The number of piperazine rings is 1. The van der Waals surface area contributed by atoms with E-state index >= 15 is 0 Å². The first-order valence-electron chi connectivity index (χ1n) is 7.04. The number of hydrogen-bond acceptors (Lipinski definition) is 4. The molecule has 1 aliphatic rings. The smallest absolute Gasteiger partial charge is 0.409 e. The molecule has 6 heteroatoms. The van der Waals surface area contributed by atoms with E-state index in [4.69, 9.17) is 5.73 Å². The van der Waals surface area contributed by atoms with Crippen molar-refractivity contribution < 1.29 is 14.3 Å². The fourth-order valence-corrected chi connectivity index (χ4v) is 2.52. The van der Waals surface area contributed by atoms with E-state index in [1.54, 1.807) is 9.80 Å². The van der Waals surface area contributed by atoms with E-state index < -0.39 is 0 Å². The van der Waals surface area contributed by atoms with Crippen LogP contribution in [0, 0.1) is 0 Å². The molecule has 0 aliphatic carbocycles. The molecule has 1 fully saturated rings. The molecule has 0 saturated carbocycles. The van der Waals surface area contributed by atoms with E-state index in [0.29, 0.717) is 26.2 Å². The Morgan fingerprint density at radius 1 is 1.14 bits per heavy atom. The summed E-state index contributed by atoms with van der Waals surface area (Å²) in [5.41, 5.74) is 6.71. The van der Waals surface area contributed by atoms with E-state index in [9.17, 15) is 9.59 Å². The van der Waals surface area contributed by atoms with Crippen molar-refractivity contribution >= 4 is 12.0 Å². The van der Waals surface area contributed by atoms with Gasteiger partial charge in [-0.25, -0.2) is 4.79 Å². The summed E-state index contributed by atoms with van der Waals surface area (Å²) in [7, 11) is 1.36. The molecule has 2 N–H and O–H groups in total. The third-order valence-electron chi connectivity index (χ3n) is 3.76. The van der Waals surface area contributed by atoms with Gasteiger partial charge in [0.15, 0.2) is 0 Å². The summed E-state index contributed by atoms with van der Waals surface area (Å²) in [4.78, 5) is 27.4. The Kier molecular flexibility index (Phi) is 5.16. The summed E-state index contributed by atoms with van der Waals surface area (Å²) in [6.45, 7) is 2.28. The van der Waals surface area contributed by atoms with Crippen LogP contribution < -0.4 is 5.73 Å². The second kappa shape index (κ2) is 7.08. The maximum Gasteiger partial charge on any atom is 0.409 e. The fourth-order valence-electron chi connectivity index (χ4n) is 2.52. The topological polar surface area (TPSA) is 75.9 Å². The molecule has 6 nitrogen and oxygen atoms in total. The fraction of sp³-hybridized carbons (Fsp3) is 0.467. The highest BCUT2D eigenvalue weighted by atomic mass is 16.5. The standard InChI is InChI=1S/C15H21N3O3/c1-21-15(20)18-9-7-17(8-10-18)14(19)13(11-16)12-5-3-2-4-6-12/h2-6,13H,7-11,16H2,1H3. The van der Waals surface area contributed by atoms with E-state index in [1.807, 2.05) is 30.3 Å². The summed E-state index contributed by atoms with van der Waals surface area (Å²) in [6, 6.07) is 9.55. The van der Waals surface area contributed by atoms with E-state index in [2.05, 4.69) is 4.74 Å². The van der Waals surface area contributed by atoms with E-state index in [1.165, 1.54) is 7.11 Å². The molecule has 1 aromatic rings. The summed E-state index contributed by atoms with van der Waals surface area (Å²) in [5, 5.41) is 0. The number of carbonyl (C=O) groups excluding carboxylic acids is 2. The Morgan fingerprint density at radius 2 is 1.71 bits per heavy atom. The van der Waals surface area contributed by atoms with E-state index in [0.717, 1.165) is 5.56 Å². The number of nitrogens with zero attached hydrogens (tertiary/aromatic N) is 2. The number of ether oxygens (including phenoxy) is 1. The molecule has 0 bridgehead atoms. The zero-order valence-corrected chi connectivity index (χ0v) is 12.2. The highest BCUT2D eigenvalue weighted by Crippen LogP contribution is 2.18. The van der Waals surface area contributed by atoms with Gasteiger partial charge in [0, 0.05) is 32.7 Å². The van der Waals surface area contributed by atoms with Crippen LogP contribution in [-0.4, -0.2) is 61.6 Å². The lowest BCUT2D eigenvalue weighted by molar-refractivity contribution is -0.134. The van der Waals surface area contributed by atoms with Gasteiger partial charge >= 0.3 is 6.09 Å². The average Bonchev–Trinajstić information content (AvgIpc) is 2.56. The third-order valence-corrected chi connectivity index (χ3v) is 3.76. The molecular weight excluding hydrogens is 270 g/mol. The lowest BCUT2D eigenvalue weighted by Crippen LogP contribution is -2.52. The number of nitrogens with two attached hydrogens (primary N) is 1. The predicted molar refractivity (Wildman–Crippen MR) is 78.8 cm³/mol. The van der Waals surface area contributed by atoms with Gasteiger partial charge in [0.1, 0.15) is 0 Å². The van der Waals surface area contributed by atoms with Gasteiger partial charge in [-0.05, 0) is 5.56 Å².